The molecule has 102 valence electrons. The van der Waals surface area contributed by atoms with Crippen LogP contribution in [-0.4, -0.2) is 49.5 Å². The monoisotopic (exact) mass is 253 g/mol. The highest BCUT2D eigenvalue weighted by molar-refractivity contribution is 5.32. The van der Waals surface area contributed by atoms with Gasteiger partial charge in [-0.1, -0.05) is 19.9 Å². The summed E-state index contributed by atoms with van der Waals surface area (Å²) in [7, 11) is 1.62. The van der Waals surface area contributed by atoms with Crippen molar-refractivity contribution in [1.29, 1.82) is 0 Å². The van der Waals surface area contributed by atoms with Crippen LogP contribution in [0.15, 0.2) is 24.3 Å². The van der Waals surface area contributed by atoms with Crippen LogP contribution in [0.25, 0.3) is 0 Å². The number of aliphatic hydroxyl groups is 1. The van der Waals surface area contributed by atoms with E-state index in [-0.39, 0.29) is 0 Å². The number of benzene rings is 1. The van der Waals surface area contributed by atoms with E-state index in [1.165, 1.54) is 0 Å². The summed E-state index contributed by atoms with van der Waals surface area (Å²) in [6.45, 7) is 6.97. The predicted molar refractivity (Wildman–Crippen MR) is 72.3 cm³/mol. The van der Waals surface area contributed by atoms with Gasteiger partial charge in [-0.3, -0.25) is 0 Å². The van der Waals surface area contributed by atoms with E-state index in [4.69, 9.17) is 9.47 Å². The summed E-state index contributed by atoms with van der Waals surface area (Å²) in [5.74, 6) is 1.47. The van der Waals surface area contributed by atoms with Crippen LogP contribution in [0.2, 0.25) is 0 Å². The largest absolute Gasteiger partial charge is 0.497 e. The van der Waals surface area contributed by atoms with Gasteiger partial charge in [-0.15, -0.1) is 0 Å². The lowest BCUT2D eigenvalue weighted by Crippen LogP contribution is -2.35. The van der Waals surface area contributed by atoms with Crippen LogP contribution in [0.1, 0.15) is 13.8 Å². The molecule has 0 spiro atoms. The molecule has 0 amide bonds. The van der Waals surface area contributed by atoms with Gasteiger partial charge in [-0.05, 0) is 25.2 Å². The fraction of sp³-hybridized carbons (Fsp3) is 0.571. The summed E-state index contributed by atoms with van der Waals surface area (Å²) in [5, 5.41) is 9.87. The summed E-state index contributed by atoms with van der Waals surface area (Å²) >= 11 is 0. The first kappa shape index (κ1) is 14.8. The van der Waals surface area contributed by atoms with Crippen LogP contribution in [0, 0.1) is 0 Å². The fourth-order valence-electron chi connectivity index (χ4n) is 1.72. The molecule has 1 unspecified atom stereocenters. The van der Waals surface area contributed by atoms with Gasteiger partial charge in [0.05, 0.1) is 7.11 Å². The Hall–Kier alpha value is -1.26. The minimum atomic E-state index is -0.476. The van der Waals surface area contributed by atoms with Crippen LogP contribution in [0.3, 0.4) is 0 Å². The van der Waals surface area contributed by atoms with Crippen LogP contribution < -0.4 is 9.47 Å². The molecule has 0 saturated carbocycles. The molecule has 0 saturated heterocycles. The number of nitrogens with zero attached hydrogens (tertiary/aromatic N) is 1. The highest BCUT2D eigenvalue weighted by atomic mass is 16.5. The van der Waals surface area contributed by atoms with Gasteiger partial charge in [-0.2, -0.15) is 0 Å². The number of hydrogen-bond acceptors (Lipinski definition) is 4. The van der Waals surface area contributed by atoms with Crippen molar-refractivity contribution in [3.8, 4) is 11.5 Å². The molecule has 0 aliphatic carbocycles. The van der Waals surface area contributed by atoms with E-state index in [9.17, 15) is 5.11 Å². The lowest BCUT2D eigenvalue weighted by atomic mass is 10.3. The van der Waals surface area contributed by atoms with E-state index < -0.39 is 6.10 Å². The standard InChI is InChI=1S/C14H23NO3/c1-4-15(5-2)10-12(16)11-18-14-8-6-7-13(9-14)17-3/h6-9,12,16H,4-5,10-11H2,1-3H3. The molecule has 4 heteroatoms. The van der Waals surface area contributed by atoms with Gasteiger partial charge < -0.3 is 19.5 Å². The molecule has 0 heterocycles. The Morgan fingerprint density at radius 2 is 1.89 bits per heavy atom. The second-order valence-electron chi connectivity index (χ2n) is 4.13. The second-order valence-corrected chi connectivity index (χ2v) is 4.13. The molecule has 1 N–H and O–H groups in total. The zero-order valence-corrected chi connectivity index (χ0v) is 11.4. The van der Waals surface area contributed by atoms with E-state index in [2.05, 4.69) is 18.7 Å². The SMILES string of the molecule is CCN(CC)CC(O)COc1cccc(OC)c1. The summed E-state index contributed by atoms with van der Waals surface area (Å²) < 4.78 is 10.7. The maximum Gasteiger partial charge on any atom is 0.123 e. The first-order valence-electron chi connectivity index (χ1n) is 6.36. The zero-order chi connectivity index (χ0) is 13.4. The second kappa shape index (κ2) is 7.95. The summed E-state index contributed by atoms with van der Waals surface area (Å²) in [5.41, 5.74) is 0. The zero-order valence-electron chi connectivity index (χ0n) is 11.4. The first-order chi connectivity index (χ1) is 8.69. The average molecular weight is 253 g/mol. The maximum absolute atomic E-state index is 9.87. The summed E-state index contributed by atoms with van der Waals surface area (Å²) in [6.07, 6.45) is -0.476. The Morgan fingerprint density at radius 3 is 2.50 bits per heavy atom. The molecule has 4 nitrogen and oxygen atoms in total. The van der Waals surface area contributed by atoms with E-state index in [1.807, 2.05) is 24.3 Å². The Balaban J connectivity index is 2.39. The number of likely N-dealkylation sites (N-methyl/N-ethyl adjacent to an activating group) is 1. The van der Waals surface area contributed by atoms with Gasteiger partial charge in [0.25, 0.3) is 0 Å². The molecule has 1 atom stereocenters. The van der Waals surface area contributed by atoms with E-state index >= 15 is 0 Å². The molecule has 1 rings (SSSR count). The van der Waals surface area contributed by atoms with Gasteiger partial charge in [0.1, 0.15) is 24.2 Å². The topological polar surface area (TPSA) is 41.9 Å². The van der Waals surface area contributed by atoms with E-state index in [0.29, 0.717) is 18.9 Å². The Bertz CT molecular complexity index is 340. The van der Waals surface area contributed by atoms with Crippen molar-refractivity contribution in [2.75, 3.05) is 33.4 Å². The molecule has 0 aliphatic rings. The molecular weight excluding hydrogens is 230 g/mol. The van der Waals surface area contributed by atoms with Crippen LogP contribution in [0.5, 0.6) is 11.5 Å². The number of rotatable bonds is 8. The van der Waals surface area contributed by atoms with Gasteiger partial charge in [0.15, 0.2) is 0 Å². The number of methoxy groups -OCH3 is 1. The average Bonchev–Trinajstić information content (AvgIpc) is 2.42. The molecule has 0 radical (unpaired) electrons. The molecule has 18 heavy (non-hydrogen) atoms. The van der Waals surface area contributed by atoms with Gasteiger partial charge in [0, 0.05) is 12.6 Å². The van der Waals surface area contributed by atoms with E-state index in [1.54, 1.807) is 7.11 Å². The van der Waals surface area contributed by atoms with Crippen LogP contribution >= 0.6 is 0 Å². The minimum Gasteiger partial charge on any atom is -0.497 e. The smallest absolute Gasteiger partial charge is 0.123 e. The third-order valence-electron chi connectivity index (χ3n) is 2.85. The van der Waals surface area contributed by atoms with Crippen molar-refractivity contribution in [2.24, 2.45) is 0 Å². The summed E-state index contributed by atoms with van der Waals surface area (Å²) in [6, 6.07) is 7.39. The number of hydrogen-bond donors (Lipinski definition) is 1. The molecule has 0 aromatic heterocycles. The van der Waals surface area contributed by atoms with Crippen molar-refractivity contribution in [1.82, 2.24) is 4.90 Å². The highest BCUT2D eigenvalue weighted by Gasteiger charge is 2.09. The van der Waals surface area contributed by atoms with Crippen molar-refractivity contribution >= 4 is 0 Å². The Kier molecular flexibility index (Phi) is 6.54. The Morgan fingerprint density at radius 1 is 1.22 bits per heavy atom. The van der Waals surface area contributed by atoms with Gasteiger partial charge in [0.2, 0.25) is 0 Å². The lowest BCUT2D eigenvalue weighted by Gasteiger charge is -2.21. The van der Waals surface area contributed by atoms with Gasteiger partial charge >= 0.3 is 0 Å². The molecule has 1 aromatic rings. The number of aliphatic hydroxyl groups excluding tert-OH is 1. The third-order valence-corrected chi connectivity index (χ3v) is 2.85. The highest BCUT2D eigenvalue weighted by Crippen LogP contribution is 2.18. The molecule has 0 fully saturated rings. The fourth-order valence-corrected chi connectivity index (χ4v) is 1.72. The molecule has 0 bridgehead atoms. The van der Waals surface area contributed by atoms with Crippen LogP contribution in [0.4, 0.5) is 0 Å². The minimum absolute atomic E-state index is 0.295. The van der Waals surface area contributed by atoms with Gasteiger partial charge in [-0.25, -0.2) is 0 Å². The third kappa shape index (κ3) is 4.94. The van der Waals surface area contributed by atoms with Crippen molar-refractivity contribution < 1.29 is 14.6 Å². The lowest BCUT2D eigenvalue weighted by molar-refractivity contribution is 0.0715. The predicted octanol–water partition coefficient (Wildman–Crippen LogP) is 1.78. The normalized spacial score (nSPS) is 12.5. The molecule has 0 aliphatic heterocycles. The van der Waals surface area contributed by atoms with Crippen molar-refractivity contribution in [3.63, 3.8) is 0 Å². The van der Waals surface area contributed by atoms with Crippen molar-refractivity contribution in [2.45, 2.75) is 20.0 Å². The molecule has 1 aromatic carbocycles. The number of ether oxygens (including phenoxy) is 2. The first-order valence-corrected chi connectivity index (χ1v) is 6.36. The van der Waals surface area contributed by atoms with E-state index in [0.717, 1.165) is 18.8 Å². The maximum atomic E-state index is 9.87. The van der Waals surface area contributed by atoms with Crippen molar-refractivity contribution in [3.05, 3.63) is 24.3 Å². The Labute approximate surface area is 109 Å². The summed E-state index contributed by atoms with van der Waals surface area (Å²) in [4.78, 5) is 2.17. The molecular formula is C14H23NO3. The van der Waals surface area contributed by atoms with Crippen LogP contribution in [-0.2, 0) is 0 Å². The quantitative estimate of drug-likeness (QED) is 0.767.